The summed E-state index contributed by atoms with van der Waals surface area (Å²) in [6, 6.07) is 6.41. The number of nitrogens with two attached hydrogens (primary N) is 1. The van der Waals surface area contributed by atoms with Crippen LogP contribution in [-0.2, 0) is 11.2 Å². The topological polar surface area (TPSA) is 59.2 Å². The smallest absolute Gasteiger partial charge is 0.228 e. The molecule has 0 bridgehead atoms. The van der Waals surface area contributed by atoms with Gasteiger partial charge in [-0.05, 0) is 44.2 Å². The fourth-order valence-corrected chi connectivity index (χ4v) is 2.92. The lowest BCUT2D eigenvalue weighted by Crippen LogP contribution is -2.45. The Bertz CT molecular complexity index is 413. The van der Waals surface area contributed by atoms with Gasteiger partial charge >= 0.3 is 0 Å². The third-order valence-corrected chi connectivity index (χ3v) is 4.03. The number of rotatable bonds is 5. The Morgan fingerprint density at radius 3 is 2.70 bits per heavy atom. The van der Waals surface area contributed by atoms with E-state index in [4.69, 9.17) is 5.73 Å². The summed E-state index contributed by atoms with van der Waals surface area (Å²) in [4.78, 5) is 18.8. The van der Waals surface area contributed by atoms with Crippen molar-refractivity contribution in [1.29, 1.82) is 0 Å². The SMILES string of the molecule is CCCN(C(=O)Cc1ccccn1)C1CCC(N)CC1. The largest absolute Gasteiger partial charge is 0.339 e. The van der Waals surface area contributed by atoms with Gasteiger partial charge in [0, 0.05) is 30.5 Å². The molecule has 1 aromatic heterocycles. The molecule has 110 valence electrons. The molecule has 1 heterocycles. The van der Waals surface area contributed by atoms with Crippen LogP contribution in [0.5, 0.6) is 0 Å². The number of nitrogens with zero attached hydrogens (tertiary/aromatic N) is 2. The maximum absolute atomic E-state index is 12.5. The van der Waals surface area contributed by atoms with Gasteiger partial charge < -0.3 is 10.6 Å². The van der Waals surface area contributed by atoms with Crippen LogP contribution in [-0.4, -0.2) is 34.4 Å². The van der Waals surface area contributed by atoms with E-state index >= 15 is 0 Å². The molecule has 0 saturated heterocycles. The van der Waals surface area contributed by atoms with Gasteiger partial charge in [-0.1, -0.05) is 13.0 Å². The first-order valence-electron chi connectivity index (χ1n) is 7.65. The summed E-state index contributed by atoms with van der Waals surface area (Å²) in [5, 5.41) is 0. The van der Waals surface area contributed by atoms with Gasteiger partial charge in [-0.15, -0.1) is 0 Å². The molecule has 20 heavy (non-hydrogen) atoms. The number of hydrogen-bond acceptors (Lipinski definition) is 3. The summed E-state index contributed by atoms with van der Waals surface area (Å²) in [5.41, 5.74) is 6.81. The second-order valence-corrected chi connectivity index (χ2v) is 5.65. The number of carbonyl (C=O) groups is 1. The summed E-state index contributed by atoms with van der Waals surface area (Å²) >= 11 is 0. The van der Waals surface area contributed by atoms with Gasteiger partial charge in [0.1, 0.15) is 0 Å². The van der Waals surface area contributed by atoms with Crippen LogP contribution in [0, 0.1) is 0 Å². The van der Waals surface area contributed by atoms with Crippen LogP contribution in [0.2, 0.25) is 0 Å². The molecule has 2 rings (SSSR count). The van der Waals surface area contributed by atoms with Gasteiger partial charge in [0.2, 0.25) is 5.91 Å². The Morgan fingerprint density at radius 2 is 2.10 bits per heavy atom. The number of hydrogen-bond donors (Lipinski definition) is 1. The lowest BCUT2D eigenvalue weighted by Gasteiger charge is -2.36. The van der Waals surface area contributed by atoms with Crippen LogP contribution in [0.25, 0.3) is 0 Å². The summed E-state index contributed by atoms with van der Waals surface area (Å²) in [7, 11) is 0. The molecule has 0 spiro atoms. The van der Waals surface area contributed by atoms with Gasteiger partial charge in [-0.3, -0.25) is 9.78 Å². The molecule has 1 amide bonds. The molecule has 0 atom stereocenters. The predicted molar refractivity (Wildman–Crippen MR) is 80.2 cm³/mol. The monoisotopic (exact) mass is 275 g/mol. The Hall–Kier alpha value is -1.42. The molecule has 1 aromatic rings. The van der Waals surface area contributed by atoms with Crippen molar-refractivity contribution in [3.63, 3.8) is 0 Å². The van der Waals surface area contributed by atoms with Crippen molar-refractivity contribution in [2.45, 2.75) is 57.5 Å². The van der Waals surface area contributed by atoms with E-state index in [-0.39, 0.29) is 5.91 Å². The molecule has 0 aliphatic heterocycles. The highest BCUT2D eigenvalue weighted by Crippen LogP contribution is 2.23. The number of aromatic nitrogens is 1. The fraction of sp³-hybridized carbons (Fsp3) is 0.625. The highest BCUT2D eigenvalue weighted by atomic mass is 16.2. The van der Waals surface area contributed by atoms with Gasteiger partial charge in [-0.25, -0.2) is 0 Å². The van der Waals surface area contributed by atoms with E-state index in [9.17, 15) is 4.79 Å². The second-order valence-electron chi connectivity index (χ2n) is 5.65. The van der Waals surface area contributed by atoms with Crippen LogP contribution in [0.1, 0.15) is 44.7 Å². The van der Waals surface area contributed by atoms with E-state index in [2.05, 4.69) is 16.8 Å². The maximum Gasteiger partial charge on any atom is 0.228 e. The van der Waals surface area contributed by atoms with E-state index in [1.807, 2.05) is 18.2 Å². The predicted octanol–water partition coefficient (Wildman–Crippen LogP) is 2.13. The normalized spacial score (nSPS) is 22.5. The van der Waals surface area contributed by atoms with E-state index in [1.165, 1.54) is 0 Å². The van der Waals surface area contributed by atoms with E-state index in [0.29, 0.717) is 18.5 Å². The highest BCUT2D eigenvalue weighted by molar-refractivity contribution is 5.78. The molecule has 0 radical (unpaired) electrons. The molecule has 1 aliphatic carbocycles. The van der Waals surface area contributed by atoms with Gasteiger partial charge in [0.15, 0.2) is 0 Å². The first-order chi connectivity index (χ1) is 9.70. The number of pyridine rings is 1. The highest BCUT2D eigenvalue weighted by Gasteiger charge is 2.27. The van der Waals surface area contributed by atoms with E-state index in [1.54, 1.807) is 6.20 Å². The van der Waals surface area contributed by atoms with Gasteiger partial charge in [0.05, 0.1) is 6.42 Å². The quantitative estimate of drug-likeness (QED) is 0.895. The lowest BCUT2D eigenvalue weighted by molar-refractivity contribution is -0.133. The molecule has 1 saturated carbocycles. The van der Waals surface area contributed by atoms with Gasteiger partial charge in [-0.2, -0.15) is 0 Å². The first kappa shape index (κ1) is 15.0. The molecule has 4 nitrogen and oxygen atoms in total. The number of carbonyl (C=O) groups excluding carboxylic acids is 1. The number of amides is 1. The maximum atomic E-state index is 12.5. The first-order valence-corrected chi connectivity index (χ1v) is 7.65. The minimum absolute atomic E-state index is 0.200. The Morgan fingerprint density at radius 1 is 1.35 bits per heavy atom. The third-order valence-electron chi connectivity index (χ3n) is 4.03. The Labute approximate surface area is 121 Å². The van der Waals surface area contributed by atoms with Gasteiger partial charge in [0.25, 0.3) is 0 Å². The molecule has 1 fully saturated rings. The Balaban J connectivity index is 1.98. The van der Waals surface area contributed by atoms with Crippen LogP contribution < -0.4 is 5.73 Å². The zero-order chi connectivity index (χ0) is 14.4. The average molecular weight is 275 g/mol. The zero-order valence-electron chi connectivity index (χ0n) is 12.3. The molecule has 0 aromatic carbocycles. The molecule has 2 N–H and O–H groups in total. The molecule has 1 aliphatic rings. The van der Waals surface area contributed by atoms with Crippen molar-refractivity contribution in [3.05, 3.63) is 30.1 Å². The van der Waals surface area contributed by atoms with Crippen molar-refractivity contribution < 1.29 is 4.79 Å². The fourth-order valence-electron chi connectivity index (χ4n) is 2.92. The molecule has 4 heteroatoms. The summed E-state index contributed by atoms with van der Waals surface area (Å²) in [5.74, 6) is 0.200. The van der Waals surface area contributed by atoms with E-state index < -0.39 is 0 Å². The van der Waals surface area contributed by atoms with Crippen LogP contribution in [0.15, 0.2) is 24.4 Å². The Kier molecular flexibility index (Phi) is 5.53. The van der Waals surface area contributed by atoms with Crippen LogP contribution in [0.4, 0.5) is 0 Å². The molecular weight excluding hydrogens is 250 g/mol. The van der Waals surface area contributed by atoms with Crippen LogP contribution in [0.3, 0.4) is 0 Å². The summed E-state index contributed by atoms with van der Waals surface area (Å²) in [6.45, 7) is 2.96. The third kappa shape index (κ3) is 4.04. The minimum Gasteiger partial charge on any atom is -0.339 e. The van der Waals surface area contributed by atoms with Crippen molar-refractivity contribution in [2.75, 3.05) is 6.54 Å². The zero-order valence-corrected chi connectivity index (χ0v) is 12.3. The van der Waals surface area contributed by atoms with Crippen molar-refractivity contribution in [2.24, 2.45) is 5.73 Å². The van der Waals surface area contributed by atoms with Crippen molar-refractivity contribution in [1.82, 2.24) is 9.88 Å². The lowest BCUT2D eigenvalue weighted by atomic mass is 9.90. The summed E-state index contributed by atoms with van der Waals surface area (Å²) in [6.07, 6.45) is 7.28. The molecular formula is C16H25N3O. The van der Waals surface area contributed by atoms with E-state index in [0.717, 1.165) is 44.3 Å². The van der Waals surface area contributed by atoms with Crippen molar-refractivity contribution in [3.8, 4) is 0 Å². The van der Waals surface area contributed by atoms with Crippen LogP contribution >= 0.6 is 0 Å². The second kappa shape index (κ2) is 7.39. The average Bonchev–Trinajstić information content (AvgIpc) is 2.47. The standard InChI is InChI=1S/C16H25N3O/c1-2-11-19(15-8-6-13(17)7-9-15)16(20)12-14-5-3-4-10-18-14/h3-5,10,13,15H,2,6-9,11-12,17H2,1H3. The van der Waals surface area contributed by atoms with Crippen molar-refractivity contribution >= 4 is 5.91 Å². The molecule has 0 unspecified atom stereocenters. The minimum atomic E-state index is 0.200. The summed E-state index contributed by atoms with van der Waals surface area (Å²) < 4.78 is 0.